The average Bonchev–Trinajstić information content (AvgIpc) is 3.10. The molecular weight excluding hydrogens is 334 g/mol. The van der Waals surface area contributed by atoms with E-state index in [1.54, 1.807) is 0 Å². The zero-order chi connectivity index (χ0) is 18.5. The van der Waals surface area contributed by atoms with E-state index < -0.39 is 11.9 Å². The third kappa shape index (κ3) is 4.04. The number of rotatable bonds is 5. The fraction of sp³-hybridized carbons (Fsp3) is 0.421. The van der Waals surface area contributed by atoms with Crippen LogP contribution in [0.4, 0.5) is 5.69 Å². The van der Waals surface area contributed by atoms with Crippen LogP contribution >= 0.6 is 0 Å². The van der Waals surface area contributed by atoms with Gasteiger partial charge in [-0.05, 0) is 31.0 Å². The zero-order valence-corrected chi connectivity index (χ0v) is 15.0. The molecule has 26 heavy (non-hydrogen) atoms. The smallest absolute Gasteiger partial charge is 0.354 e. The van der Waals surface area contributed by atoms with Gasteiger partial charge in [-0.1, -0.05) is 19.3 Å². The molecular formula is C19H23N3O4. The van der Waals surface area contributed by atoms with Gasteiger partial charge in [0, 0.05) is 11.6 Å². The Morgan fingerprint density at radius 1 is 1.19 bits per heavy atom. The van der Waals surface area contributed by atoms with Crippen LogP contribution in [0.1, 0.15) is 43.8 Å². The first-order chi connectivity index (χ1) is 12.6. The molecule has 0 amide bonds. The predicted molar refractivity (Wildman–Crippen MR) is 97.7 cm³/mol. The highest BCUT2D eigenvalue weighted by Gasteiger charge is 2.19. The molecule has 1 aliphatic rings. The second-order valence-corrected chi connectivity index (χ2v) is 6.39. The van der Waals surface area contributed by atoms with Gasteiger partial charge < -0.3 is 19.8 Å². The standard InChI is InChI=1S/C19H23N3O4/c1-25-17(23)11-16(19(24)26-2)20-13-8-9-14-15(10-13)22-18(21-14)12-6-4-3-5-7-12/h8-12,20H,3-7H2,1-2H3,(H,21,22)/b16-11+. The van der Waals surface area contributed by atoms with Crippen LogP contribution in [0.15, 0.2) is 30.0 Å². The molecule has 0 bridgehead atoms. The summed E-state index contributed by atoms with van der Waals surface area (Å²) in [5.41, 5.74) is 2.42. The Hall–Kier alpha value is -2.83. The van der Waals surface area contributed by atoms with Crippen LogP contribution < -0.4 is 5.32 Å². The fourth-order valence-corrected chi connectivity index (χ4v) is 3.26. The number of esters is 2. The molecule has 7 heteroatoms. The molecule has 0 saturated heterocycles. The number of nitrogens with one attached hydrogen (secondary N) is 2. The van der Waals surface area contributed by atoms with Crippen LogP contribution in [0.5, 0.6) is 0 Å². The van der Waals surface area contributed by atoms with E-state index in [9.17, 15) is 9.59 Å². The summed E-state index contributed by atoms with van der Waals surface area (Å²) in [7, 11) is 2.50. The number of carbonyl (C=O) groups is 2. The minimum atomic E-state index is -0.650. The van der Waals surface area contributed by atoms with Crippen molar-refractivity contribution < 1.29 is 19.1 Å². The Bertz CT molecular complexity index is 834. The number of ether oxygens (including phenoxy) is 2. The quantitative estimate of drug-likeness (QED) is 0.630. The maximum Gasteiger partial charge on any atom is 0.354 e. The Kier molecular flexibility index (Phi) is 5.55. The molecule has 0 atom stereocenters. The van der Waals surface area contributed by atoms with Gasteiger partial charge in [-0.3, -0.25) is 0 Å². The highest BCUT2D eigenvalue weighted by Crippen LogP contribution is 2.32. The molecule has 2 aromatic rings. The second kappa shape index (κ2) is 8.03. The maximum atomic E-state index is 11.9. The number of hydrogen-bond donors (Lipinski definition) is 2. The van der Waals surface area contributed by atoms with Crippen molar-refractivity contribution in [3.63, 3.8) is 0 Å². The summed E-state index contributed by atoms with van der Waals surface area (Å²) < 4.78 is 9.28. The number of methoxy groups -OCH3 is 2. The Labute approximate surface area is 151 Å². The molecule has 1 aliphatic carbocycles. The van der Waals surface area contributed by atoms with Crippen molar-refractivity contribution in [3.05, 3.63) is 35.8 Å². The Morgan fingerprint density at radius 2 is 1.96 bits per heavy atom. The topological polar surface area (TPSA) is 93.3 Å². The molecule has 138 valence electrons. The van der Waals surface area contributed by atoms with Crippen molar-refractivity contribution >= 4 is 28.7 Å². The summed E-state index contributed by atoms with van der Waals surface area (Å²) in [5, 5.41) is 2.91. The summed E-state index contributed by atoms with van der Waals surface area (Å²) >= 11 is 0. The number of fused-ring (bicyclic) bond motifs is 1. The maximum absolute atomic E-state index is 11.9. The van der Waals surface area contributed by atoms with Gasteiger partial charge in [-0.25, -0.2) is 14.6 Å². The molecule has 0 aliphatic heterocycles. The van der Waals surface area contributed by atoms with E-state index >= 15 is 0 Å². The average molecular weight is 357 g/mol. The van der Waals surface area contributed by atoms with Crippen LogP contribution in [-0.2, 0) is 19.1 Å². The van der Waals surface area contributed by atoms with E-state index in [1.807, 2.05) is 18.2 Å². The van der Waals surface area contributed by atoms with Gasteiger partial charge in [0.25, 0.3) is 0 Å². The van der Waals surface area contributed by atoms with E-state index in [0.717, 1.165) is 22.9 Å². The number of aromatic amines is 1. The Balaban J connectivity index is 1.84. The van der Waals surface area contributed by atoms with Crippen LogP contribution in [0.3, 0.4) is 0 Å². The summed E-state index contributed by atoms with van der Waals surface area (Å²) in [6, 6.07) is 5.55. The van der Waals surface area contributed by atoms with Crippen LogP contribution in [0.25, 0.3) is 11.0 Å². The molecule has 2 N–H and O–H groups in total. The van der Waals surface area contributed by atoms with Gasteiger partial charge >= 0.3 is 11.9 Å². The van der Waals surface area contributed by atoms with Crippen LogP contribution in [-0.4, -0.2) is 36.1 Å². The van der Waals surface area contributed by atoms with Crippen molar-refractivity contribution in [2.45, 2.75) is 38.0 Å². The van der Waals surface area contributed by atoms with Crippen LogP contribution in [0.2, 0.25) is 0 Å². The minimum Gasteiger partial charge on any atom is -0.466 e. The number of benzene rings is 1. The second-order valence-electron chi connectivity index (χ2n) is 6.39. The molecule has 7 nitrogen and oxygen atoms in total. The van der Waals surface area contributed by atoms with Gasteiger partial charge in [-0.15, -0.1) is 0 Å². The van der Waals surface area contributed by atoms with Gasteiger partial charge in [0.2, 0.25) is 0 Å². The van der Waals surface area contributed by atoms with E-state index in [-0.39, 0.29) is 5.70 Å². The van der Waals surface area contributed by atoms with Crippen molar-refractivity contribution in [2.24, 2.45) is 0 Å². The lowest BCUT2D eigenvalue weighted by molar-refractivity contribution is -0.138. The number of nitrogens with zero attached hydrogens (tertiary/aromatic N) is 1. The van der Waals surface area contributed by atoms with Crippen molar-refractivity contribution in [2.75, 3.05) is 19.5 Å². The summed E-state index contributed by atoms with van der Waals surface area (Å²) in [5.74, 6) is 0.218. The monoisotopic (exact) mass is 357 g/mol. The first-order valence-electron chi connectivity index (χ1n) is 8.75. The summed E-state index contributed by atoms with van der Waals surface area (Å²) in [6.45, 7) is 0. The number of imidazole rings is 1. The molecule has 3 rings (SSSR count). The van der Waals surface area contributed by atoms with Gasteiger partial charge in [0.1, 0.15) is 11.5 Å². The lowest BCUT2D eigenvalue weighted by Crippen LogP contribution is -2.15. The fourth-order valence-electron chi connectivity index (χ4n) is 3.26. The van der Waals surface area contributed by atoms with E-state index in [0.29, 0.717) is 11.6 Å². The van der Waals surface area contributed by atoms with E-state index in [4.69, 9.17) is 9.72 Å². The van der Waals surface area contributed by atoms with E-state index in [1.165, 1.54) is 46.3 Å². The number of carbonyl (C=O) groups excluding carboxylic acids is 2. The van der Waals surface area contributed by atoms with Crippen molar-refractivity contribution in [1.82, 2.24) is 9.97 Å². The molecule has 0 spiro atoms. The van der Waals surface area contributed by atoms with Crippen molar-refractivity contribution in [3.8, 4) is 0 Å². The molecule has 1 fully saturated rings. The summed E-state index contributed by atoms with van der Waals surface area (Å²) in [4.78, 5) is 31.4. The first kappa shape index (κ1) is 18.0. The predicted octanol–water partition coefficient (Wildman–Crippen LogP) is 3.25. The van der Waals surface area contributed by atoms with E-state index in [2.05, 4.69) is 15.0 Å². The largest absolute Gasteiger partial charge is 0.466 e. The highest BCUT2D eigenvalue weighted by molar-refractivity contribution is 5.99. The first-order valence-corrected chi connectivity index (χ1v) is 8.75. The molecule has 0 unspecified atom stereocenters. The third-order valence-electron chi connectivity index (χ3n) is 4.64. The lowest BCUT2D eigenvalue weighted by Gasteiger charge is -2.18. The zero-order valence-electron chi connectivity index (χ0n) is 15.0. The minimum absolute atomic E-state index is 0.00530. The number of anilines is 1. The van der Waals surface area contributed by atoms with Crippen molar-refractivity contribution in [1.29, 1.82) is 0 Å². The van der Waals surface area contributed by atoms with Gasteiger partial charge in [-0.2, -0.15) is 0 Å². The normalized spacial score (nSPS) is 15.7. The summed E-state index contributed by atoms with van der Waals surface area (Å²) in [6.07, 6.45) is 7.19. The molecule has 0 radical (unpaired) electrons. The van der Waals surface area contributed by atoms with Crippen LogP contribution in [0, 0.1) is 0 Å². The Morgan fingerprint density at radius 3 is 2.65 bits per heavy atom. The highest BCUT2D eigenvalue weighted by atomic mass is 16.5. The number of H-pyrrole nitrogens is 1. The molecule has 1 aromatic carbocycles. The number of aromatic nitrogens is 2. The number of hydrogen-bond acceptors (Lipinski definition) is 6. The van der Waals surface area contributed by atoms with Gasteiger partial charge in [0.15, 0.2) is 0 Å². The third-order valence-corrected chi connectivity index (χ3v) is 4.64. The molecule has 1 saturated carbocycles. The SMILES string of the molecule is COC(=O)/C=C(/Nc1ccc2nc(C3CCCCC3)[nH]c2c1)C(=O)OC. The lowest BCUT2D eigenvalue weighted by atomic mass is 9.89. The molecule has 1 heterocycles. The van der Waals surface area contributed by atoms with Gasteiger partial charge in [0.05, 0.1) is 31.3 Å². The molecule has 1 aromatic heterocycles.